The van der Waals surface area contributed by atoms with Crippen molar-refractivity contribution in [3.8, 4) is 0 Å². The number of carbonyl (C=O) groups is 1. The summed E-state index contributed by atoms with van der Waals surface area (Å²) in [6, 6.07) is 9.17. The molecule has 1 heterocycles. The van der Waals surface area contributed by atoms with E-state index in [2.05, 4.69) is 15.5 Å². The average molecular weight is 275 g/mol. The van der Waals surface area contributed by atoms with Crippen LogP contribution in [0.15, 0.2) is 36.7 Å². The highest BCUT2D eigenvalue weighted by Gasteiger charge is 2.25. The molecule has 0 spiro atoms. The minimum Gasteiger partial charge on any atom is -0.395 e. The molecule has 0 bridgehead atoms. The van der Waals surface area contributed by atoms with Crippen molar-refractivity contribution < 1.29 is 9.90 Å². The molecule has 2 aromatic rings. The van der Waals surface area contributed by atoms with Gasteiger partial charge in [-0.1, -0.05) is 30.3 Å². The molecule has 1 aromatic heterocycles. The van der Waals surface area contributed by atoms with Crippen molar-refractivity contribution in [2.24, 2.45) is 0 Å². The Balaban J connectivity index is 2.19. The first-order chi connectivity index (χ1) is 9.72. The fourth-order valence-electron chi connectivity index (χ4n) is 1.96. The standard InChI is InChI=1S/C13H17N5O2/c1-17(7-8-19)13(20)12(18-10-14-15-16-18)9-11-5-3-2-4-6-11/h2-6,10,12,19H,7-9H2,1H3. The van der Waals surface area contributed by atoms with Gasteiger partial charge in [-0.3, -0.25) is 4.79 Å². The van der Waals surface area contributed by atoms with E-state index in [-0.39, 0.29) is 19.1 Å². The largest absolute Gasteiger partial charge is 0.395 e. The van der Waals surface area contributed by atoms with Gasteiger partial charge in [0.05, 0.1) is 6.61 Å². The predicted molar refractivity (Wildman–Crippen MR) is 71.7 cm³/mol. The van der Waals surface area contributed by atoms with Crippen LogP contribution >= 0.6 is 0 Å². The van der Waals surface area contributed by atoms with Gasteiger partial charge in [-0.15, -0.1) is 5.10 Å². The van der Waals surface area contributed by atoms with Crippen LogP contribution in [0.1, 0.15) is 11.6 Å². The highest BCUT2D eigenvalue weighted by molar-refractivity contribution is 5.80. The summed E-state index contributed by atoms with van der Waals surface area (Å²) in [5.74, 6) is -0.129. The summed E-state index contributed by atoms with van der Waals surface area (Å²) >= 11 is 0. The van der Waals surface area contributed by atoms with E-state index in [4.69, 9.17) is 5.11 Å². The normalized spacial score (nSPS) is 12.1. The average Bonchev–Trinajstić information content (AvgIpc) is 2.99. The Morgan fingerprint density at radius 3 is 2.75 bits per heavy atom. The van der Waals surface area contributed by atoms with Crippen molar-refractivity contribution in [3.63, 3.8) is 0 Å². The lowest BCUT2D eigenvalue weighted by Crippen LogP contribution is -2.37. The molecule has 20 heavy (non-hydrogen) atoms. The zero-order chi connectivity index (χ0) is 14.4. The molecule has 2 rings (SSSR count). The SMILES string of the molecule is CN(CCO)C(=O)C(Cc1ccccc1)n1cnnn1. The number of aromatic nitrogens is 4. The maximum Gasteiger partial charge on any atom is 0.247 e. The van der Waals surface area contributed by atoms with Crippen LogP contribution in [0.2, 0.25) is 0 Å². The van der Waals surface area contributed by atoms with E-state index in [1.807, 2.05) is 30.3 Å². The second-order valence-corrected chi connectivity index (χ2v) is 4.48. The molecule has 0 aliphatic carbocycles. The van der Waals surface area contributed by atoms with Crippen molar-refractivity contribution in [1.29, 1.82) is 0 Å². The maximum atomic E-state index is 12.4. The molecular weight excluding hydrogens is 258 g/mol. The number of rotatable bonds is 6. The van der Waals surface area contributed by atoms with Crippen molar-refractivity contribution in [2.75, 3.05) is 20.2 Å². The molecule has 0 aliphatic rings. The van der Waals surface area contributed by atoms with Gasteiger partial charge in [0, 0.05) is 20.0 Å². The van der Waals surface area contributed by atoms with Crippen molar-refractivity contribution in [1.82, 2.24) is 25.1 Å². The van der Waals surface area contributed by atoms with Gasteiger partial charge in [0.2, 0.25) is 5.91 Å². The number of aliphatic hydroxyl groups excluding tert-OH is 1. The van der Waals surface area contributed by atoms with E-state index >= 15 is 0 Å². The van der Waals surface area contributed by atoms with Gasteiger partial charge in [0.15, 0.2) is 0 Å². The van der Waals surface area contributed by atoms with E-state index in [0.717, 1.165) is 5.56 Å². The number of likely N-dealkylation sites (N-methyl/N-ethyl adjacent to an activating group) is 1. The number of tetrazole rings is 1. The number of amides is 1. The second-order valence-electron chi connectivity index (χ2n) is 4.48. The summed E-state index contributed by atoms with van der Waals surface area (Å²) in [6.07, 6.45) is 1.93. The molecule has 1 amide bonds. The van der Waals surface area contributed by atoms with Crippen LogP contribution in [-0.4, -0.2) is 56.3 Å². The molecule has 1 unspecified atom stereocenters. The summed E-state index contributed by atoms with van der Waals surface area (Å²) in [5, 5.41) is 19.9. The fourth-order valence-corrected chi connectivity index (χ4v) is 1.96. The quantitative estimate of drug-likeness (QED) is 0.796. The Bertz CT molecular complexity index is 529. The van der Waals surface area contributed by atoms with Crippen molar-refractivity contribution in [3.05, 3.63) is 42.2 Å². The van der Waals surface area contributed by atoms with Crippen LogP contribution < -0.4 is 0 Å². The molecule has 1 N–H and O–H groups in total. The predicted octanol–water partition coefficient (Wildman–Crippen LogP) is -0.0924. The van der Waals surface area contributed by atoms with Crippen molar-refractivity contribution in [2.45, 2.75) is 12.5 Å². The summed E-state index contributed by atoms with van der Waals surface area (Å²) in [7, 11) is 1.65. The summed E-state index contributed by atoms with van der Waals surface area (Å²) in [5.41, 5.74) is 1.03. The van der Waals surface area contributed by atoms with E-state index in [1.54, 1.807) is 7.05 Å². The third-order valence-corrected chi connectivity index (χ3v) is 3.05. The molecular formula is C13H17N5O2. The number of hydrogen-bond acceptors (Lipinski definition) is 5. The molecule has 1 atom stereocenters. The molecule has 1 aromatic carbocycles. The first kappa shape index (κ1) is 14.1. The van der Waals surface area contributed by atoms with Gasteiger partial charge in [0.1, 0.15) is 12.4 Å². The first-order valence-electron chi connectivity index (χ1n) is 6.34. The fraction of sp³-hybridized carbons (Fsp3) is 0.385. The third kappa shape index (κ3) is 3.39. The highest BCUT2D eigenvalue weighted by atomic mass is 16.3. The molecule has 7 nitrogen and oxygen atoms in total. The lowest BCUT2D eigenvalue weighted by atomic mass is 10.1. The van der Waals surface area contributed by atoms with Crippen LogP contribution in [0.3, 0.4) is 0 Å². The summed E-state index contributed by atoms with van der Waals surface area (Å²) < 4.78 is 1.45. The molecule has 0 saturated carbocycles. The number of aliphatic hydroxyl groups is 1. The Morgan fingerprint density at radius 1 is 1.40 bits per heavy atom. The summed E-state index contributed by atoms with van der Waals surface area (Å²) in [6.45, 7) is 0.210. The van der Waals surface area contributed by atoms with Crippen LogP contribution in [-0.2, 0) is 11.2 Å². The van der Waals surface area contributed by atoms with Crippen molar-refractivity contribution >= 4 is 5.91 Å². The number of benzene rings is 1. The maximum absolute atomic E-state index is 12.4. The second kappa shape index (κ2) is 6.76. The third-order valence-electron chi connectivity index (χ3n) is 3.05. The number of hydrogen-bond donors (Lipinski definition) is 1. The topological polar surface area (TPSA) is 84.1 Å². The van der Waals surface area contributed by atoms with E-state index in [0.29, 0.717) is 6.42 Å². The molecule has 7 heteroatoms. The Labute approximate surface area is 116 Å². The van der Waals surface area contributed by atoms with E-state index < -0.39 is 6.04 Å². The van der Waals surface area contributed by atoms with E-state index in [9.17, 15) is 4.79 Å². The lowest BCUT2D eigenvalue weighted by Gasteiger charge is -2.22. The zero-order valence-corrected chi connectivity index (χ0v) is 11.3. The molecule has 0 saturated heterocycles. The van der Waals surface area contributed by atoms with Gasteiger partial charge in [-0.2, -0.15) is 0 Å². The van der Waals surface area contributed by atoms with Crippen LogP contribution in [0.5, 0.6) is 0 Å². The van der Waals surface area contributed by atoms with Crippen LogP contribution in [0.25, 0.3) is 0 Å². The van der Waals surface area contributed by atoms with Crippen LogP contribution in [0, 0.1) is 0 Å². The monoisotopic (exact) mass is 275 g/mol. The number of nitrogens with zero attached hydrogens (tertiary/aromatic N) is 5. The molecule has 0 radical (unpaired) electrons. The zero-order valence-electron chi connectivity index (χ0n) is 11.3. The van der Waals surface area contributed by atoms with E-state index in [1.165, 1.54) is 15.9 Å². The van der Waals surface area contributed by atoms with Gasteiger partial charge < -0.3 is 10.0 Å². The van der Waals surface area contributed by atoms with Gasteiger partial charge in [0.25, 0.3) is 0 Å². The summed E-state index contributed by atoms with van der Waals surface area (Å²) in [4.78, 5) is 13.9. The Kier molecular flexibility index (Phi) is 4.78. The molecule has 106 valence electrons. The van der Waals surface area contributed by atoms with Gasteiger partial charge >= 0.3 is 0 Å². The Hall–Kier alpha value is -2.28. The van der Waals surface area contributed by atoms with Gasteiger partial charge in [-0.05, 0) is 16.0 Å². The minimum absolute atomic E-state index is 0.0735. The first-order valence-corrected chi connectivity index (χ1v) is 6.34. The molecule has 0 aliphatic heterocycles. The van der Waals surface area contributed by atoms with Crippen LogP contribution in [0.4, 0.5) is 0 Å². The number of carbonyl (C=O) groups excluding carboxylic acids is 1. The smallest absolute Gasteiger partial charge is 0.247 e. The molecule has 0 fully saturated rings. The lowest BCUT2D eigenvalue weighted by molar-refractivity contribution is -0.134. The minimum atomic E-state index is -0.510. The highest BCUT2D eigenvalue weighted by Crippen LogP contribution is 2.15. The van der Waals surface area contributed by atoms with Gasteiger partial charge in [-0.25, -0.2) is 4.68 Å². The Morgan fingerprint density at radius 2 is 2.15 bits per heavy atom.